The van der Waals surface area contributed by atoms with Gasteiger partial charge >= 0.3 is 0 Å². The largest absolute Gasteiger partial charge is 0.489 e. The van der Waals surface area contributed by atoms with E-state index in [1.807, 2.05) is 18.2 Å². The lowest BCUT2D eigenvalue weighted by Crippen LogP contribution is -2.24. The first-order chi connectivity index (χ1) is 10.7. The third-order valence-corrected chi connectivity index (χ3v) is 3.00. The Morgan fingerprint density at radius 3 is 2.36 bits per heavy atom. The van der Waals surface area contributed by atoms with Gasteiger partial charge in [0.1, 0.15) is 18.1 Å². The first kappa shape index (κ1) is 15.4. The average Bonchev–Trinajstić information content (AvgIpc) is 2.58. The van der Waals surface area contributed by atoms with E-state index in [9.17, 15) is 4.79 Å². The Morgan fingerprint density at radius 1 is 1.09 bits per heavy atom. The van der Waals surface area contributed by atoms with Crippen LogP contribution in [0.3, 0.4) is 0 Å². The van der Waals surface area contributed by atoms with Crippen LogP contribution in [0.4, 0.5) is 0 Å². The number of hydrogen-bond acceptors (Lipinski definition) is 4. The molecule has 0 aliphatic carbocycles. The summed E-state index contributed by atoms with van der Waals surface area (Å²) in [6, 6.07) is 16.4. The van der Waals surface area contributed by atoms with E-state index in [4.69, 9.17) is 14.7 Å². The smallest absolute Gasteiger partial charge is 0.257 e. The van der Waals surface area contributed by atoms with Gasteiger partial charge in [0.25, 0.3) is 5.91 Å². The molecule has 2 aromatic carbocycles. The van der Waals surface area contributed by atoms with E-state index in [1.165, 1.54) is 0 Å². The Labute approximate surface area is 129 Å². The SMILES string of the molecule is CNC(=O)COc1ccc(OCc2ccccc2C#N)cc1. The number of benzene rings is 2. The number of nitrogens with zero attached hydrogens (tertiary/aromatic N) is 1. The summed E-state index contributed by atoms with van der Waals surface area (Å²) >= 11 is 0. The Hall–Kier alpha value is -3.00. The lowest BCUT2D eigenvalue weighted by atomic mass is 10.1. The molecule has 0 aliphatic rings. The molecule has 112 valence electrons. The van der Waals surface area contributed by atoms with Crippen molar-refractivity contribution in [2.45, 2.75) is 6.61 Å². The molecule has 0 saturated heterocycles. The number of nitrogens with one attached hydrogen (secondary N) is 1. The standard InChI is InChI=1S/C17H16N2O3/c1-19-17(20)12-22-16-8-6-15(7-9-16)21-11-14-5-3-2-4-13(14)10-18/h2-9H,11-12H2,1H3,(H,19,20). The highest BCUT2D eigenvalue weighted by Gasteiger charge is 2.03. The van der Waals surface area contributed by atoms with E-state index in [0.29, 0.717) is 23.7 Å². The second-order valence-corrected chi connectivity index (χ2v) is 4.49. The number of carbonyl (C=O) groups excluding carboxylic acids is 1. The highest BCUT2D eigenvalue weighted by atomic mass is 16.5. The molecule has 2 aromatic rings. The first-order valence-corrected chi connectivity index (χ1v) is 6.77. The van der Waals surface area contributed by atoms with Crippen LogP contribution in [0.1, 0.15) is 11.1 Å². The Balaban J connectivity index is 1.91. The number of likely N-dealkylation sites (N-methyl/N-ethyl adjacent to an activating group) is 1. The van der Waals surface area contributed by atoms with Crippen molar-refractivity contribution in [2.24, 2.45) is 0 Å². The molecule has 0 atom stereocenters. The molecule has 0 unspecified atom stereocenters. The van der Waals surface area contributed by atoms with E-state index < -0.39 is 0 Å². The van der Waals surface area contributed by atoms with Gasteiger partial charge in [-0.2, -0.15) is 5.26 Å². The van der Waals surface area contributed by atoms with Crippen molar-refractivity contribution in [1.29, 1.82) is 5.26 Å². The van der Waals surface area contributed by atoms with Crippen molar-refractivity contribution in [1.82, 2.24) is 5.32 Å². The van der Waals surface area contributed by atoms with Crippen molar-refractivity contribution in [3.63, 3.8) is 0 Å². The zero-order valence-corrected chi connectivity index (χ0v) is 12.2. The van der Waals surface area contributed by atoms with Crippen molar-refractivity contribution < 1.29 is 14.3 Å². The van der Waals surface area contributed by atoms with Gasteiger partial charge in [0.15, 0.2) is 6.61 Å². The number of amides is 1. The normalized spacial score (nSPS) is 9.64. The third kappa shape index (κ3) is 4.25. The quantitative estimate of drug-likeness (QED) is 0.887. The van der Waals surface area contributed by atoms with Crippen LogP contribution in [-0.4, -0.2) is 19.6 Å². The van der Waals surface area contributed by atoms with Crippen LogP contribution in [0.5, 0.6) is 11.5 Å². The summed E-state index contributed by atoms with van der Waals surface area (Å²) in [5.74, 6) is 1.07. The minimum atomic E-state index is -0.187. The van der Waals surface area contributed by atoms with Crippen LogP contribution in [0.2, 0.25) is 0 Å². The van der Waals surface area contributed by atoms with Gasteiger partial charge < -0.3 is 14.8 Å². The second kappa shape index (κ2) is 7.70. The van der Waals surface area contributed by atoms with E-state index in [-0.39, 0.29) is 12.5 Å². The molecule has 0 aromatic heterocycles. The molecule has 1 amide bonds. The van der Waals surface area contributed by atoms with E-state index in [2.05, 4.69) is 11.4 Å². The maximum absolute atomic E-state index is 11.1. The third-order valence-electron chi connectivity index (χ3n) is 3.00. The van der Waals surface area contributed by atoms with E-state index in [1.54, 1.807) is 37.4 Å². The van der Waals surface area contributed by atoms with Crippen LogP contribution >= 0.6 is 0 Å². The Morgan fingerprint density at radius 2 is 1.73 bits per heavy atom. The molecule has 22 heavy (non-hydrogen) atoms. The van der Waals surface area contributed by atoms with Crippen molar-refractivity contribution in [3.05, 3.63) is 59.7 Å². The van der Waals surface area contributed by atoms with Crippen LogP contribution in [0.25, 0.3) is 0 Å². The number of rotatable bonds is 6. The maximum atomic E-state index is 11.1. The molecule has 2 rings (SSSR count). The fourth-order valence-electron chi connectivity index (χ4n) is 1.77. The summed E-state index contributed by atoms with van der Waals surface area (Å²) in [5, 5.41) is 11.5. The molecule has 0 radical (unpaired) electrons. The van der Waals surface area contributed by atoms with Gasteiger partial charge in [0.05, 0.1) is 11.6 Å². The van der Waals surface area contributed by atoms with Crippen LogP contribution < -0.4 is 14.8 Å². The van der Waals surface area contributed by atoms with Crippen LogP contribution in [-0.2, 0) is 11.4 Å². The van der Waals surface area contributed by atoms with Crippen LogP contribution in [0, 0.1) is 11.3 Å². The highest BCUT2D eigenvalue weighted by Crippen LogP contribution is 2.19. The van der Waals surface area contributed by atoms with Crippen molar-refractivity contribution >= 4 is 5.91 Å². The number of hydrogen-bond donors (Lipinski definition) is 1. The Kier molecular flexibility index (Phi) is 5.38. The molecule has 5 heteroatoms. The summed E-state index contributed by atoms with van der Waals surface area (Å²) in [6.07, 6.45) is 0. The summed E-state index contributed by atoms with van der Waals surface area (Å²) in [5.41, 5.74) is 1.44. The molecular formula is C17H16N2O3. The molecule has 0 saturated carbocycles. The van der Waals surface area contributed by atoms with E-state index >= 15 is 0 Å². The van der Waals surface area contributed by atoms with Crippen molar-refractivity contribution in [3.8, 4) is 17.6 Å². The van der Waals surface area contributed by atoms with Crippen molar-refractivity contribution in [2.75, 3.05) is 13.7 Å². The molecule has 0 heterocycles. The average molecular weight is 296 g/mol. The highest BCUT2D eigenvalue weighted by molar-refractivity contribution is 5.77. The van der Waals surface area contributed by atoms with E-state index in [0.717, 1.165) is 5.56 Å². The lowest BCUT2D eigenvalue weighted by Gasteiger charge is -2.09. The summed E-state index contributed by atoms with van der Waals surface area (Å²) < 4.78 is 11.0. The Bertz CT molecular complexity index is 675. The predicted octanol–water partition coefficient (Wildman–Crippen LogP) is 2.26. The minimum Gasteiger partial charge on any atom is -0.489 e. The van der Waals surface area contributed by atoms with Gasteiger partial charge in [0, 0.05) is 12.6 Å². The molecule has 0 fully saturated rings. The van der Waals surface area contributed by atoms with Gasteiger partial charge in [-0.05, 0) is 30.3 Å². The molecule has 0 aliphatic heterocycles. The predicted molar refractivity (Wildman–Crippen MR) is 81.5 cm³/mol. The lowest BCUT2D eigenvalue weighted by molar-refractivity contribution is -0.122. The molecule has 0 bridgehead atoms. The molecule has 1 N–H and O–H groups in total. The topological polar surface area (TPSA) is 71.3 Å². The monoisotopic (exact) mass is 296 g/mol. The van der Waals surface area contributed by atoms with Gasteiger partial charge in [-0.15, -0.1) is 0 Å². The zero-order valence-electron chi connectivity index (χ0n) is 12.2. The van der Waals surface area contributed by atoms with Gasteiger partial charge in [-0.1, -0.05) is 18.2 Å². The van der Waals surface area contributed by atoms with Gasteiger partial charge in [0.2, 0.25) is 0 Å². The summed E-state index contributed by atoms with van der Waals surface area (Å²) in [7, 11) is 1.56. The molecule has 5 nitrogen and oxygen atoms in total. The maximum Gasteiger partial charge on any atom is 0.257 e. The number of nitriles is 1. The number of ether oxygens (including phenoxy) is 2. The minimum absolute atomic E-state index is 0.0216. The molecular weight excluding hydrogens is 280 g/mol. The summed E-state index contributed by atoms with van der Waals surface area (Å²) in [6.45, 7) is 0.300. The van der Waals surface area contributed by atoms with Gasteiger partial charge in [-0.25, -0.2) is 0 Å². The second-order valence-electron chi connectivity index (χ2n) is 4.49. The molecule has 0 spiro atoms. The number of carbonyl (C=O) groups is 1. The van der Waals surface area contributed by atoms with Gasteiger partial charge in [-0.3, -0.25) is 4.79 Å². The fraction of sp³-hybridized carbons (Fsp3) is 0.176. The zero-order chi connectivity index (χ0) is 15.8. The summed E-state index contributed by atoms with van der Waals surface area (Å²) in [4.78, 5) is 11.1. The first-order valence-electron chi connectivity index (χ1n) is 6.77. The fourth-order valence-corrected chi connectivity index (χ4v) is 1.77. The van der Waals surface area contributed by atoms with Crippen LogP contribution in [0.15, 0.2) is 48.5 Å².